The van der Waals surface area contributed by atoms with Crippen molar-refractivity contribution in [2.75, 3.05) is 0 Å². The Morgan fingerprint density at radius 1 is 1.47 bits per heavy atom. The molecule has 0 unspecified atom stereocenters. The maximum atomic E-state index is 11.9. The molecule has 1 spiro atoms. The fraction of sp³-hybridized carbons (Fsp3) is 0.667. The summed E-state index contributed by atoms with van der Waals surface area (Å²) < 4.78 is 5.54. The molecule has 0 amide bonds. The first-order valence-corrected chi connectivity index (χ1v) is 5.50. The van der Waals surface area contributed by atoms with Gasteiger partial charge in [0.15, 0.2) is 0 Å². The number of hydrogen-bond acceptors (Lipinski definition) is 3. The third-order valence-electron chi connectivity index (χ3n) is 4.45. The quantitative estimate of drug-likeness (QED) is 0.447. The summed E-state index contributed by atoms with van der Waals surface area (Å²) in [4.78, 5) is 23.4. The van der Waals surface area contributed by atoms with Gasteiger partial charge in [-0.2, -0.15) is 0 Å². The van der Waals surface area contributed by atoms with Crippen LogP contribution in [0.2, 0.25) is 0 Å². The Balaban J connectivity index is 2.15. The number of ether oxygens (including phenoxy) is 1. The van der Waals surface area contributed by atoms with E-state index in [1.807, 2.05) is 13.0 Å². The molecule has 3 heteroatoms. The van der Waals surface area contributed by atoms with Crippen LogP contribution in [-0.2, 0) is 14.3 Å². The summed E-state index contributed by atoms with van der Waals surface area (Å²) in [6.07, 6.45) is 6.53. The topological polar surface area (TPSA) is 43.4 Å². The molecule has 1 heterocycles. The Bertz CT molecular complexity index is 384. The van der Waals surface area contributed by atoms with E-state index in [-0.39, 0.29) is 17.7 Å². The zero-order chi connectivity index (χ0) is 10.7. The van der Waals surface area contributed by atoms with Crippen LogP contribution >= 0.6 is 0 Å². The van der Waals surface area contributed by atoms with Crippen LogP contribution in [0.15, 0.2) is 12.2 Å². The predicted octanol–water partition coefficient (Wildman–Crippen LogP) is 1.62. The molecule has 0 aromatic heterocycles. The lowest BCUT2D eigenvalue weighted by molar-refractivity contribution is -0.162. The highest BCUT2D eigenvalue weighted by molar-refractivity contribution is 5.91. The van der Waals surface area contributed by atoms with Gasteiger partial charge in [0.05, 0.1) is 11.8 Å². The van der Waals surface area contributed by atoms with Gasteiger partial charge in [-0.05, 0) is 19.8 Å². The molecule has 2 aliphatic carbocycles. The van der Waals surface area contributed by atoms with Crippen LogP contribution in [0.1, 0.15) is 32.6 Å². The second-order valence-electron chi connectivity index (χ2n) is 5.06. The van der Waals surface area contributed by atoms with Gasteiger partial charge in [-0.15, -0.1) is 0 Å². The third kappa shape index (κ3) is 0.869. The third-order valence-corrected chi connectivity index (χ3v) is 4.45. The van der Waals surface area contributed by atoms with Crippen molar-refractivity contribution in [1.29, 1.82) is 0 Å². The summed E-state index contributed by atoms with van der Waals surface area (Å²) in [7, 11) is 0. The standard InChI is InChI=1S/C12H14O3/c1-11-5-2-3-8-7-10(14)15-12(8,11)6-4-9(11)13/h2-3,8H,4-7H2,1H3/t8-,11+,12-/m0/s1. The van der Waals surface area contributed by atoms with E-state index >= 15 is 0 Å². The fourth-order valence-electron chi connectivity index (χ4n) is 3.49. The molecular formula is C12H14O3. The van der Waals surface area contributed by atoms with Gasteiger partial charge in [-0.1, -0.05) is 12.2 Å². The number of ketones is 1. The largest absolute Gasteiger partial charge is 0.457 e. The number of carbonyl (C=O) groups is 2. The summed E-state index contributed by atoms with van der Waals surface area (Å²) in [5.74, 6) is 0.231. The molecule has 3 aliphatic rings. The molecule has 1 aliphatic heterocycles. The van der Waals surface area contributed by atoms with Crippen LogP contribution in [0.5, 0.6) is 0 Å². The van der Waals surface area contributed by atoms with Gasteiger partial charge in [0.25, 0.3) is 0 Å². The van der Waals surface area contributed by atoms with Crippen molar-refractivity contribution >= 4 is 11.8 Å². The minimum Gasteiger partial charge on any atom is -0.457 e. The Morgan fingerprint density at radius 3 is 3.07 bits per heavy atom. The van der Waals surface area contributed by atoms with E-state index in [1.54, 1.807) is 0 Å². The van der Waals surface area contributed by atoms with Gasteiger partial charge in [-0.25, -0.2) is 0 Å². The predicted molar refractivity (Wildman–Crippen MR) is 53.0 cm³/mol. The van der Waals surface area contributed by atoms with Crippen LogP contribution in [0.25, 0.3) is 0 Å². The number of carbonyl (C=O) groups excluding carboxylic acids is 2. The number of Topliss-reactive ketones (excluding diaryl/α,β-unsaturated/α-hetero) is 1. The summed E-state index contributed by atoms with van der Waals surface area (Å²) in [5.41, 5.74) is -0.964. The summed E-state index contributed by atoms with van der Waals surface area (Å²) in [6, 6.07) is 0. The van der Waals surface area contributed by atoms with E-state index in [1.165, 1.54) is 0 Å². The van der Waals surface area contributed by atoms with Gasteiger partial charge in [0.2, 0.25) is 0 Å². The van der Waals surface area contributed by atoms with Crippen molar-refractivity contribution in [2.45, 2.75) is 38.2 Å². The first kappa shape index (κ1) is 9.13. The number of hydrogen-bond donors (Lipinski definition) is 0. The van der Waals surface area contributed by atoms with Gasteiger partial charge < -0.3 is 4.74 Å². The summed E-state index contributed by atoms with van der Waals surface area (Å²) in [6.45, 7) is 1.96. The molecule has 15 heavy (non-hydrogen) atoms. The highest BCUT2D eigenvalue weighted by atomic mass is 16.6. The second-order valence-corrected chi connectivity index (χ2v) is 5.06. The van der Waals surface area contributed by atoms with E-state index < -0.39 is 11.0 Å². The first-order valence-electron chi connectivity index (χ1n) is 5.50. The summed E-state index contributed by atoms with van der Waals surface area (Å²) >= 11 is 0. The van der Waals surface area contributed by atoms with Crippen molar-refractivity contribution in [2.24, 2.45) is 11.3 Å². The van der Waals surface area contributed by atoms with E-state index in [2.05, 4.69) is 6.08 Å². The maximum Gasteiger partial charge on any atom is 0.307 e. The smallest absolute Gasteiger partial charge is 0.307 e. The Hall–Kier alpha value is -1.12. The molecular weight excluding hydrogens is 192 g/mol. The van der Waals surface area contributed by atoms with Crippen LogP contribution in [-0.4, -0.2) is 17.4 Å². The van der Waals surface area contributed by atoms with Crippen molar-refractivity contribution in [3.05, 3.63) is 12.2 Å². The molecule has 0 aromatic carbocycles. The molecule has 0 aromatic rings. The van der Waals surface area contributed by atoms with E-state index in [4.69, 9.17) is 4.74 Å². The van der Waals surface area contributed by atoms with Crippen LogP contribution in [0, 0.1) is 11.3 Å². The molecule has 1 saturated carbocycles. The number of rotatable bonds is 0. The first-order chi connectivity index (χ1) is 7.08. The lowest BCUT2D eigenvalue weighted by atomic mass is 9.64. The zero-order valence-corrected chi connectivity index (χ0v) is 8.79. The molecule has 1 saturated heterocycles. The molecule has 0 N–H and O–H groups in total. The summed E-state index contributed by atoms with van der Waals surface area (Å²) in [5, 5.41) is 0. The van der Waals surface area contributed by atoms with Crippen molar-refractivity contribution in [3.8, 4) is 0 Å². The number of allylic oxidation sites excluding steroid dienone is 1. The van der Waals surface area contributed by atoms with Crippen LogP contribution < -0.4 is 0 Å². The van der Waals surface area contributed by atoms with Gasteiger partial charge >= 0.3 is 5.97 Å². The van der Waals surface area contributed by atoms with Gasteiger partial charge in [0, 0.05) is 12.3 Å². The SMILES string of the molecule is C[C@]12CC=C[C@H]3CC(=O)O[C@@]31CCC2=O. The highest BCUT2D eigenvalue weighted by Gasteiger charge is 2.66. The van der Waals surface area contributed by atoms with Crippen molar-refractivity contribution in [3.63, 3.8) is 0 Å². The zero-order valence-electron chi connectivity index (χ0n) is 8.79. The lowest BCUT2D eigenvalue weighted by Crippen LogP contribution is -2.50. The van der Waals surface area contributed by atoms with E-state index in [0.29, 0.717) is 19.3 Å². The van der Waals surface area contributed by atoms with Crippen LogP contribution in [0.4, 0.5) is 0 Å². The maximum absolute atomic E-state index is 11.9. The Labute approximate surface area is 88.5 Å². The highest BCUT2D eigenvalue weighted by Crippen LogP contribution is 2.58. The van der Waals surface area contributed by atoms with Gasteiger partial charge in [0.1, 0.15) is 11.4 Å². The monoisotopic (exact) mass is 206 g/mol. The molecule has 3 atom stereocenters. The van der Waals surface area contributed by atoms with Crippen molar-refractivity contribution in [1.82, 2.24) is 0 Å². The Morgan fingerprint density at radius 2 is 2.27 bits per heavy atom. The average molecular weight is 206 g/mol. The molecule has 2 fully saturated rings. The number of esters is 1. The fourth-order valence-corrected chi connectivity index (χ4v) is 3.49. The molecule has 3 rings (SSSR count). The van der Waals surface area contributed by atoms with E-state index in [9.17, 15) is 9.59 Å². The molecule has 3 nitrogen and oxygen atoms in total. The lowest BCUT2D eigenvalue weighted by Gasteiger charge is -2.43. The van der Waals surface area contributed by atoms with E-state index in [0.717, 1.165) is 6.42 Å². The molecule has 0 radical (unpaired) electrons. The molecule has 0 bridgehead atoms. The second kappa shape index (κ2) is 2.52. The average Bonchev–Trinajstić information content (AvgIpc) is 2.63. The molecule has 80 valence electrons. The minimum atomic E-state index is -0.504. The Kier molecular flexibility index (Phi) is 1.53. The minimum absolute atomic E-state index is 0.121. The van der Waals surface area contributed by atoms with Crippen LogP contribution in [0.3, 0.4) is 0 Å². The van der Waals surface area contributed by atoms with Gasteiger partial charge in [-0.3, -0.25) is 9.59 Å². The normalized spacial score (nSPS) is 47.7. The van der Waals surface area contributed by atoms with Crippen molar-refractivity contribution < 1.29 is 14.3 Å².